The molecule has 0 saturated heterocycles. The van der Waals surface area contributed by atoms with E-state index >= 15 is 0 Å². The molecule has 96 valence electrons. The average molecular weight is 290 g/mol. The van der Waals surface area contributed by atoms with Gasteiger partial charge in [0.15, 0.2) is 5.16 Å². The van der Waals surface area contributed by atoms with Crippen molar-refractivity contribution in [2.24, 2.45) is 0 Å². The molecular formula is C13H10N2O2S2. The molecular weight excluding hydrogens is 280 g/mol. The zero-order valence-corrected chi connectivity index (χ0v) is 11.4. The number of carbonyl (C=O) groups is 1. The molecule has 0 saturated carbocycles. The molecule has 3 aromatic rings. The van der Waals surface area contributed by atoms with Gasteiger partial charge in [0.25, 0.3) is 0 Å². The van der Waals surface area contributed by atoms with Crippen LogP contribution in [0.4, 0.5) is 0 Å². The van der Waals surface area contributed by atoms with Crippen molar-refractivity contribution in [2.75, 3.05) is 0 Å². The Bertz CT molecular complexity index is 700. The molecule has 0 amide bonds. The minimum absolute atomic E-state index is 0.406. The average Bonchev–Trinajstić information content (AvgIpc) is 3.02. The summed E-state index contributed by atoms with van der Waals surface area (Å²) in [5.41, 5.74) is 2.76. The number of thioether (sulfide) groups is 1. The van der Waals surface area contributed by atoms with Gasteiger partial charge in [-0.15, -0.1) is 11.3 Å². The van der Waals surface area contributed by atoms with Crippen molar-refractivity contribution in [2.45, 2.75) is 10.9 Å². The number of carboxylic acid groups (broad SMARTS) is 1. The van der Waals surface area contributed by atoms with E-state index in [1.165, 1.54) is 23.1 Å². The maximum absolute atomic E-state index is 11.0. The summed E-state index contributed by atoms with van der Waals surface area (Å²) in [5.74, 6) is -0.263. The number of carboxylic acids is 1. The number of aromatic amines is 1. The van der Waals surface area contributed by atoms with Gasteiger partial charge in [0.1, 0.15) is 4.88 Å². The number of benzene rings is 1. The normalized spacial score (nSPS) is 10.9. The van der Waals surface area contributed by atoms with Crippen LogP contribution >= 0.6 is 23.1 Å². The predicted octanol–water partition coefficient (Wildman–Crippen LogP) is 3.61. The van der Waals surface area contributed by atoms with Gasteiger partial charge in [0.2, 0.25) is 0 Å². The first-order chi connectivity index (χ1) is 9.24. The van der Waals surface area contributed by atoms with Crippen LogP contribution < -0.4 is 0 Å². The third-order valence-electron chi connectivity index (χ3n) is 2.67. The Morgan fingerprint density at radius 1 is 1.37 bits per heavy atom. The van der Waals surface area contributed by atoms with E-state index < -0.39 is 5.97 Å². The van der Waals surface area contributed by atoms with Crippen LogP contribution in [0.3, 0.4) is 0 Å². The van der Waals surface area contributed by atoms with Crippen LogP contribution in [-0.4, -0.2) is 21.0 Å². The van der Waals surface area contributed by atoms with Gasteiger partial charge in [-0.3, -0.25) is 0 Å². The molecule has 4 nitrogen and oxygen atoms in total. The van der Waals surface area contributed by atoms with Gasteiger partial charge in [-0.2, -0.15) is 0 Å². The quantitative estimate of drug-likeness (QED) is 0.720. The SMILES string of the molecule is O=C(O)c1sccc1CSc1nc2ccccc2[nH]1. The Morgan fingerprint density at radius 2 is 2.21 bits per heavy atom. The monoisotopic (exact) mass is 290 g/mol. The van der Waals surface area contributed by atoms with Gasteiger partial charge in [0.05, 0.1) is 11.0 Å². The molecule has 2 aromatic heterocycles. The number of nitrogens with zero attached hydrogens (tertiary/aromatic N) is 1. The van der Waals surface area contributed by atoms with E-state index in [-0.39, 0.29) is 0 Å². The lowest BCUT2D eigenvalue weighted by Crippen LogP contribution is -1.96. The Labute approximate surface area is 117 Å². The first kappa shape index (κ1) is 12.3. The van der Waals surface area contributed by atoms with E-state index in [0.29, 0.717) is 10.6 Å². The van der Waals surface area contributed by atoms with Crippen molar-refractivity contribution in [3.05, 3.63) is 46.2 Å². The number of fused-ring (bicyclic) bond motifs is 1. The number of aromatic nitrogens is 2. The molecule has 2 heterocycles. The maximum atomic E-state index is 11.0. The molecule has 1 aromatic carbocycles. The molecule has 0 aliphatic carbocycles. The summed E-state index contributed by atoms with van der Waals surface area (Å²) in [6.07, 6.45) is 0. The zero-order valence-electron chi connectivity index (χ0n) is 9.79. The number of rotatable bonds is 4. The molecule has 0 aliphatic heterocycles. The second-order valence-electron chi connectivity index (χ2n) is 3.93. The number of aromatic carboxylic acids is 1. The summed E-state index contributed by atoms with van der Waals surface area (Å²) >= 11 is 2.77. The summed E-state index contributed by atoms with van der Waals surface area (Å²) in [7, 11) is 0. The van der Waals surface area contributed by atoms with Crippen molar-refractivity contribution >= 4 is 40.1 Å². The van der Waals surface area contributed by atoms with Crippen molar-refractivity contribution < 1.29 is 9.90 Å². The fourth-order valence-corrected chi connectivity index (χ4v) is 3.51. The minimum Gasteiger partial charge on any atom is -0.477 e. The lowest BCUT2D eigenvalue weighted by atomic mass is 10.3. The standard InChI is InChI=1S/C13H10N2O2S2/c16-12(17)11-8(5-6-18-11)7-19-13-14-9-3-1-2-4-10(9)15-13/h1-6H,7H2,(H,14,15)(H,16,17). The highest BCUT2D eigenvalue weighted by Crippen LogP contribution is 2.26. The lowest BCUT2D eigenvalue weighted by molar-refractivity contribution is 0.0701. The molecule has 0 radical (unpaired) electrons. The molecule has 0 fully saturated rings. The van der Waals surface area contributed by atoms with E-state index in [9.17, 15) is 4.79 Å². The van der Waals surface area contributed by atoms with Crippen molar-refractivity contribution in [1.82, 2.24) is 9.97 Å². The van der Waals surface area contributed by atoms with E-state index in [1.807, 2.05) is 30.3 Å². The first-order valence-electron chi connectivity index (χ1n) is 5.61. The summed E-state index contributed by atoms with van der Waals surface area (Å²) in [4.78, 5) is 19.1. The summed E-state index contributed by atoms with van der Waals surface area (Å²) in [6, 6.07) is 9.67. The van der Waals surface area contributed by atoms with Crippen LogP contribution in [0.15, 0.2) is 40.9 Å². The number of hydrogen-bond acceptors (Lipinski definition) is 4. The van der Waals surface area contributed by atoms with Crippen molar-refractivity contribution in [1.29, 1.82) is 0 Å². The van der Waals surface area contributed by atoms with Crippen LogP contribution in [0.5, 0.6) is 0 Å². The molecule has 0 unspecified atom stereocenters. The second kappa shape index (κ2) is 5.07. The van der Waals surface area contributed by atoms with Crippen molar-refractivity contribution in [3.63, 3.8) is 0 Å². The van der Waals surface area contributed by atoms with Crippen LogP contribution in [0, 0.1) is 0 Å². The number of H-pyrrole nitrogens is 1. The van der Waals surface area contributed by atoms with E-state index in [2.05, 4.69) is 9.97 Å². The molecule has 6 heteroatoms. The molecule has 2 N–H and O–H groups in total. The largest absolute Gasteiger partial charge is 0.477 e. The molecule has 3 rings (SSSR count). The summed E-state index contributed by atoms with van der Waals surface area (Å²) in [5, 5.41) is 11.7. The fraction of sp³-hybridized carbons (Fsp3) is 0.0769. The smallest absolute Gasteiger partial charge is 0.346 e. The Hall–Kier alpha value is -1.79. The van der Waals surface area contributed by atoms with Gasteiger partial charge in [-0.05, 0) is 29.1 Å². The number of para-hydroxylation sites is 2. The third-order valence-corrected chi connectivity index (χ3v) is 4.54. The van der Waals surface area contributed by atoms with E-state index in [1.54, 1.807) is 5.38 Å². The maximum Gasteiger partial charge on any atom is 0.346 e. The van der Waals surface area contributed by atoms with Gasteiger partial charge < -0.3 is 10.1 Å². The second-order valence-corrected chi connectivity index (χ2v) is 5.81. The number of imidazole rings is 1. The van der Waals surface area contributed by atoms with Gasteiger partial charge in [-0.25, -0.2) is 9.78 Å². The minimum atomic E-state index is -0.866. The molecule has 0 atom stereocenters. The summed E-state index contributed by atoms with van der Waals surface area (Å²) < 4.78 is 0. The fourth-order valence-electron chi connectivity index (χ4n) is 1.78. The molecule has 19 heavy (non-hydrogen) atoms. The highest BCUT2D eigenvalue weighted by molar-refractivity contribution is 7.98. The highest BCUT2D eigenvalue weighted by Gasteiger charge is 2.12. The molecule has 0 aliphatic rings. The van der Waals surface area contributed by atoms with Crippen LogP contribution in [0.25, 0.3) is 11.0 Å². The number of thiophene rings is 1. The van der Waals surface area contributed by atoms with Crippen LogP contribution in [-0.2, 0) is 5.75 Å². The first-order valence-corrected chi connectivity index (χ1v) is 7.48. The van der Waals surface area contributed by atoms with E-state index in [0.717, 1.165) is 21.8 Å². The third kappa shape index (κ3) is 2.50. The van der Waals surface area contributed by atoms with E-state index in [4.69, 9.17) is 5.11 Å². The lowest BCUT2D eigenvalue weighted by Gasteiger charge is -1.97. The zero-order chi connectivity index (χ0) is 13.2. The highest BCUT2D eigenvalue weighted by atomic mass is 32.2. The van der Waals surface area contributed by atoms with Crippen LogP contribution in [0.1, 0.15) is 15.2 Å². The van der Waals surface area contributed by atoms with Crippen molar-refractivity contribution in [3.8, 4) is 0 Å². The molecule has 0 spiro atoms. The molecule has 0 bridgehead atoms. The van der Waals surface area contributed by atoms with Gasteiger partial charge in [0, 0.05) is 5.75 Å². The Balaban J connectivity index is 1.78. The topological polar surface area (TPSA) is 66.0 Å². The predicted molar refractivity (Wildman–Crippen MR) is 76.9 cm³/mol. The van der Waals surface area contributed by atoms with Gasteiger partial charge >= 0.3 is 5.97 Å². The van der Waals surface area contributed by atoms with Crippen LogP contribution in [0.2, 0.25) is 0 Å². The Morgan fingerprint density at radius 3 is 3.00 bits per heavy atom. The summed E-state index contributed by atoms with van der Waals surface area (Å²) in [6.45, 7) is 0. The number of nitrogens with one attached hydrogen (secondary N) is 1. The van der Waals surface area contributed by atoms with Gasteiger partial charge in [-0.1, -0.05) is 23.9 Å². The number of hydrogen-bond donors (Lipinski definition) is 2. The Kier molecular flexibility index (Phi) is 3.27.